The molecule has 3 aromatic rings. The van der Waals surface area contributed by atoms with E-state index in [0.717, 1.165) is 0 Å². The predicted molar refractivity (Wildman–Crippen MR) is 110 cm³/mol. The van der Waals surface area contributed by atoms with Crippen molar-refractivity contribution in [2.45, 2.75) is 25.7 Å². The van der Waals surface area contributed by atoms with E-state index < -0.39 is 7.82 Å². The summed E-state index contributed by atoms with van der Waals surface area (Å²) >= 11 is 0. The standard InChI is InChI=1S/C19H22N5O6P/c1-12-9-14(10-28-31(25,26)30-13-5-3-2-4-6-13)29-18(12)24-11-21-15-16(24)22-19-20-7-8-27-17(15)23-19/h2-6,11-12,14,18H,7-10H2,1H3,(H,25,26)(H,20,22,23). The number of aromatic nitrogens is 4. The Balaban J connectivity index is 1.28. The first-order valence-corrected chi connectivity index (χ1v) is 11.5. The molecule has 0 saturated carbocycles. The minimum atomic E-state index is -4.26. The number of imidazole rings is 1. The average Bonchev–Trinajstić information content (AvgIpc) is 3.26. The van der Waals surface area contributed by atoms with Gasteiger partial charge in [0.15, 0.2) is 11.2 Å². The van der Waals surface area contributed by atoms with Gasteiger partial charge in [0, 0.05) is 5.92 Å². The predicted octanol–water partition coefficient (Wildman–Crippen LogP) is 2.75. The Kier molecular flexibility index (Phi) is 5.27. The molecule has 1 aromatic carbocycles. The van der Waals surface area contributed by atoms with Crippen molar-refractivity contribution < 1.29 is 28.0 Å². The second-order valence-electron chi connectivity index (χ2n) is 7.48. The number of fused-ring (bicyclic) bond motifs is 4. The van der Waals surface area contributed by atoms with Crippen molar-refractivity contribution >= 4 is 24.9 Å². The fourth-order valence-corrected chi connectivity index (χ4v) is 4.55. The highest BCUT2D eigenvalue weighted by Crippen LogP contribution is 2.45. The van der Waals surface area contributed by atoms with Crippen LogP contribution in [-0.2, 0) is 13.8 Å². The summed E-state index contributed by atoms with van der Waals surface area (Å²) < 4.78 is 36.1. The number of rotatable bonds is 6. The number of nitrogens with zero attached hydrogens (tertiary/aromatic N) is 4. The first-order valence-electron chi connectivity index (χ1n) is 9.97. The molecule has 1 fully saturated rings. The lowest BCUT2D eigenvalue weighted by Gasteiger charge is -2.18. The van der Waals surface area contributed by atoms with Crippen LogP contribution in [0.1, 0.15) is 19.6 Å². The minimum absolute atomic E-state index is 0.0791. The molecule has 0 spiro atoms. The van der Waals surface area contributed by atoms with Crippen molar-refractivity contribution in [3.8, 4) is 11.6 Å². The summed E-state index contributed by atoms with van der Waals surface area (Å²) in [6.07, 6.45) is 1.54. The van der Waals surface area contributed by atoms with Crippen LogP contribution in [0.2, 0.25) is 0 Å². The van der Waals surface area contributed by atoms with E-state index in [4.69, 9.17) is 18.5 Å². The van der Waals surface area contributed by atoms with E-state index in [-0.39, 0.29) is 30.6 Å². The van der Waals surface area contributed by atoms with Crippen LogP contribution >= 0.6 is 7.82 Å². The molecule has 0 aliphatic carbocycles. The third-order valence-corrected chi connectivity index (χ3v) is 6.05. The summed E-state index contributed by atoms with van der Waals surface area (Å²) in [5, 5.41) is 3.10. The molecule has 5 rings (SSSR count). The molecule has 2 aromatic heterocycles. The second kappa shape index (κ2) is 8.08. The Morgan fingerprint density at radius 2 is 2.16 bits per heavy atom. The number of hydrogen-bond donors (Lipinski definition) is 2. The number of ether oxygens (including phenoxy) is 2. The number of hydrogen-bond acceptors (Lipinski definition) is 9. The molecule has 2 aliphatic rings. The zero-order chi connectivity index (χ0) is 21.4. The summed E-state index contributed by atoms with van der Waals surface area (Å²) in [5.41, 5.74) is 1.17. The normalized spacial score (nSPS) is 24.8. The first kappa shape index (κ1) is 20.2. The van der Waals surface area contributed by atoms with Crippen molar-refractivity contribution in [3.63, 3.8) is 0 Å². The van der Waals surface area contributed by atoms with Gasteiger partial charge in [0.1, 0.15) is 18.6 Å². The second-order valence-corrected chi connectivity index (χ2v) is 8.86. The van der Waals surface area contributed by atoms with Crippen molar-refractivity contribution in [2.75, 3.05) is 25.1 Å². The van der Waals surface area contributed by atoms with E-state index in [9.17, 15) is 9.46 Å². The van der Waals surface area contributed by atoms with Crippen LogP contribution in [-0.4, -0.2) is 50.3 Å². The summed E-state index contributed by atoms with van der Waals surface area (Å²) in [5.74, 6) is 1.27. The third kappa shape index (κ3) is 4.22. The van der Waals surface area contributed by atoms with Gasteiger partial charge in [-0.3, -0.25) is 14.0 Å². The van der Waals surface area contributed by atoms with E-state index in [1.807, 2.05) is 11.5 Å². The smallest absolute Gasteiger partial charge is 0.474 e. The van der Waals surface area contributed by atoms with Gasteiger partial charge in [-0.1, -0.05) is 25.1 Å². The van der Waals surface area contributed by atoms with Crippen molar-refractivity contribution in [3.05, 3.63) is 36.7 Å². The zero-order valence-corrected chi connectivity index (χ0v) is 17.6. The summed E-state index contributed by atoms with van der Waals surface area (Å²) in [4.78, 5) is 23.3. The molecule has 2 bridgehead atoms. The number of phosphoric acid groups is 1. The number of para-hydroxylation sites is 1. The SMILES string of the molecule is CC1CC(COP(=O)(O)Oc2ccccc2)OC1n1cnc2c3nc(nc21)NCCO3. The van der Waals surface area contributed by atoms with Gasteiger partial charge in [-0.15, -0.1) is 0 Å². The molecule has 4 unspecified atom stereocenters. The van der Waals surface area contributed by atoms with Crippen molar-refractivity contribution in [1.82, 2.24) is 19.5 Å². The van der Waals surface area contributed by atoms with E-state index in [2.05, 4.69) is 20.3 Å². The maximum absolute atomic E-state index is 12.3. The summed E-state index contributed by atoms with van der Waals surface area (Å²) in [6, 6.07) is 8.37. The Labute approximate surface area is 178 Å². The van der Waals surface area contributed by atoms with E-state index in [0.29, 0.717) is 42.6 Å². The van der Waals surface area contributed by atoms with E-state index >= 15 is 0 Å². The monoisotopic (exact) mass is 447 g/mol. The Bertz CT molecular complexity index is 1130. The summed E-state index contributed by atoms with van der Waals surface area (Å²) in [6.45, 7) is 3.04. The van der Waals surface area contributed by atoms with Gasteiger partial charge in [0.25, 0.3) is 0 Å². The first-order chi connectivity index (χ1) is 15.0. The lowest BCUT2D eigenvalue weighted by molar-refractivity contribution is -0.0287. The number of nitrogens with one attached hydrogen (secondary N) is 1. The van der Waals surface area contributed by atoms with Crippen molar-refractivity contribution in [2.24, 2.45) is 5.92 Å². The molecule has 2 aliphatic heterocycles. The molecule has 31 heavy (non-hydrogen) atoms. The third-order valence-electron chi connectivity index (χ3n) is 5.13. The zero-order valence-electron chi connectivity index (χ0n) is 16.7. The Morgan fingerprint density at radius 1 is 1.32 bits per heavy atom. The van der Waals surface area contributed by atoms with Crippen LogP contribution in [0.5, 0.6) is 11.6 Å². The molecule has 2 N–H and O–H groups in total. The van der Waals surface area contributed by atoms with Crippen LogP contribution < -0.4 is 14.6 Å². The van der Waals surface area contributed by atoms with Gasteiger partial charge < -0.3 is 19.3 Å². The summed E-state index contributed by atoms with van der Waals surface area (Å²) in [7, 11) is -4.26. The molecule has 1 saturated heterocycles. The molecule has 0 radical (unpaired) electrons. The largest absolute Gasteiger partial charge is 0.527 e. The van der Waals surface area contributed by atoms with Crippen molar-refractivity contribution in [1.29, 1.82) is 0 Å². The molecule has 0 amide bonds. The van der Waals surface area contributed by atoms with Crippen LogP contribution in [0.4, 0.5) is 5.95 Å². The fourth-order valence-electron chi connectivity index (χ4n) is 3.75. The molecule has 4 atom stereocenters. The number of benzene rings is 1. The van der Waals surface area contributed by atoms with Crippen LogP contribution in [0, 0.1) is 5.92 Å². The maximum Gasteiger partial charge on any atom is 0.527 e. The molecule has 4 heterocycles. The van der Waals surface area contributed by atoms with Crippen LogP contribution in [0.25, 0.3) is 11.2 Å². The molecular formula is C19H22N5O6P. The van der Waals surface area contributed by atoms with Crippen LogP contribution in [0.3, 0.4) is 0 Å². The molecule has 11 nitrogen and oxygen atoms in total. The highest BCUT2D eigenvalue weighted by Gasteiger charge is 2.37. The van der Waals surface area contributed by atoms with E-state index in [1.165, 1.54) is 0 Å². The molecule has 164 valence electrons. The van der Waals surface area contributed by atoms with Gasteiger partial charge >= 0.3 is 7.82 Å². The van der Waals surface area contributed by atoms with E-state index in [1.54, 1.807) is 36.7 Å². The highest BCUT2D eigenvalue weighted by atomic mass is 31.2. The topological polar surface area (TPSA) is 130 Å². The quantitative estimate of drug-likeness (QED) is 0.544. The Morgan fingerprint density at radius 3 is 3.00 bits per heavy atom. The van der Waals surface area contributed by atoms with Gasteiger partial charge in [0.2, 0.25) is 11.8 Å². The van der Waals surface area contributed by atoms with Gasteiger partial charge in [-0.2, -0.15) is 9.97 Å². The molecular weight excluding hydrogens is 425 g/mol. The lowest BCUT2D eigenvalue weighted by atomic mass is 10.1. The molecule has 12 heteroatoms. The maximum atomic E-state index is 12.3. The number of anilines is 1. The minimum Gasteiger partial charge on any atom is -0.474 e. The van der Waals surface area contributed by atoms with Crippen LogP contribution in [0.15, 0.2) is 36.7 Å². The highest BCUT2D eigenvalue weighted by molar-refractivity contribution is 7.47. The van der Waals surface area contributed by atoms with Gasteiger partial charge in [-0.25, -0.2) is 9.55 Å². The fraction of sp³-hybridized carbons (Fsp3) is 0.421. The average molecular weight is 447 g/mol. The van der Waals surface area contributed by atoms with Gasteiger partial charge in [0.05, 0.1) is 25.6 Å². The lowest BCUT2D eigenvalue weighted by Crippen LogP contribution is -2.17. The Hall–Kier alpha value is -2.72. The van der Waals surface area contributed by atoms with Gasteiger partial charge in [-0.05, 0) is 18.6 Å². The number of phosphoric ester groups is 1.